The zero-order chi connectivity index (χ0) is 9.76. The Labute approximate surface area is 82.4 Å². The lowest BCUT2D eigenvalue weighted by atomic mass is 9.88. The van der Waals surface area contributed by atoms with Crippen molar-refractivity contribution in [1.29, 1.82) is 0 Å². The first-order valence-corrected chi connectivity index (χ1v) is 4.92. The van der Waals surface area contributed by atoms with Gasteiger partial charge in [-0.2, -0.15) is 0 Å². The molecule has 1 saturated carbocycles. The van der Waals surface area contributed by atoms with Crippen LogP contribution >= 0.6 is 0 Å². The Bertz CT molecular complexity index is 356. The second-order valence-electron chi connectivity index (χ2n) is 4.25. The number of ether oxygens (including phenoxy) is 2. The molecule has 3 heteroatoms. The third kappa shape index (κ3) is 0.846. The molecule has 0 saturated heterocycles. The molecule has 3 rings (SSSR count). The van der Waals surface area contributed by atoms with Crippen LogP contribution in [0.15, 0.2) is 24.0 Å². The minimum Gasteiger partial charge on any atom is -0.490 e. The standard InChI is InChI=1S/C11H12O3/c1-13-9-6-11(14-10(9)12)5-7-2-3-8(11)4-7/h2-3,6-8H,4-5H2,1H3/t7-,8+,11+/m0/s1. The van der Waals surface area contributed by atoms with E-state index in [2.05, 4.69) is 12.2 Å². The lowest BCUT2D eigenvalue weighted by Crippen LogP contribution is -2.32. The van der Waals surface area contributed by atoms with Crippen molar-refractivity contribution in [3.63, 3.8) is 0 Å². The summed E-state index contributed by atoms with van der Waals surface area (Å²) in [5.74, 6) is 1.00. The molecule has 1 spiro atoms. The van der Waals surface area contributed by atoms with Gasteiger partial charge in [-0.1, -0.05) is 12.2 Å². The molecule has 0 unspecified atom stereocenters. The van der Waals surface area contributed by atoms with Gasteiger partial charge in [0.05, 0.1) is 7.11 Å². The number of carbonyl (C=O) groups is 1. The van der Waals surface area contributed by atoms with E-state index in [0.717, 1.165) is 12.8 Å². The predicted octanol–water partition coefficient (Wildman–Crippen LogP) is 1.41. The van der Waals surface area contributed by atoms with Gasteiger partial charge in [-0.05, 0) is 18.8 Å². The molecule has 3 aliphatic rings. The average Bonchev–Trinajstić information content (AvgIpc) is 2.80. The molecule has 1 aliphatic heterocycles. The number of hydrogen-bond donors (Lipinski definition) is 0. The quantitative estimate of drug-likeness (QED) is 0.465. The van der Waals surface area contributed by atoms with Gasteiger partial charge >= 0.3 is 5.97 Å². The van der Waals surface area contributed by atoms with E-state index >= 15 is 0 Å². The van der Waals surface area contributed by atoms with Gasteiger partial charge in [0.25, 0.3) is 0 Å². The summed E-state index contributed by atoms with van der Waals surface area (Å²) < 4.78 is 10.4. The summed E-state index contributed by atoms with van der Waals surface area (Å²) >= 11 is 0. The minimum atomic E-state index is -0.373. The Morgan fingerprint density at radius 1 is 1.57 bits per heavy atom. The fraction of sp³-hybridized carbons (Fsp3) is 0.545. The zero-order valence-corrected chi connectivity index (χ0v) is 8.03. The van der Waals surface area contributed by atoms with E-state index in [1.54, 1.807) is 0 Å². The minimum absolute atomic E-state index is 0.312. The van der Waals surface area contributed by atoms with E-state index in [0.29, 0.717) is 17.6 Å². The summed E-state index contributed by atoms with van der Waals surface area (Å²) in [6.45, 7) is 0. The molecule has 0 radical (unpaired) electrons. The molecule has 0 aromatic rings. The summed E-state index contributed by atoms with van der Waals surface area (Å²) in [5, 5.41) is 0. The van der Waals surface area contributed by atoms with E-state index in [1.807, 2.05) is 6.08 Å². The van der Waals surface area contributed by atoms with E-state index in [-0.39, 0.29) is 11.6 Å². The van der Waals surface area contributed by atoms with Crippen LogP contribution < -0.4 is 0 Å². The van der Waals surface area contributed by atoms with Gasteiger partial charge in [-0.15, -0.1) is 0 Å². The second kappa shape index (κ2) is 2.41. The van der Waals surface area contributed by atoms with Crippen molar-refractivity contribution >= 4 is 5.97 Å². The fourth-order valence-electron chi connectivity index (χ4n) is 2.81. The third-order valence-corrected chi connectivity index (χ3v) is 3.46. The highest BCUT2D eigenvalue weighted by Gasteiger charge is 2.54. The molecular weight excluding hydrogens is 180 g/mol. The van der Waals surface area contributed by atoms with Crippen LogP contribution in [0.25, 0.3) is 0 Å². The molecular formula is C11H12O3. The van der Waals surface area contributed by atoms with Gasteiger partial charge < -0.3 is 9.47 Å². The molecule has 2 bridgehead atoms. The Kier molecular flexibility index (Phi) is 1.39. The number of hydrogen-bond acceptors (Lipinski definition) is 3. The Morgan fingerprint density at radius 3 is 2.93 bits per heavy atom. The highest BCUT2D eigenvalue weighted by molar-refractivity contribution is 5.89. The van der Waals surface area contributed by atoms with Crippen LogP contribution in [0.3, 0.4) is 0 Å². The van der Waals surface area contributed by atoms with Crippen molar-refractivity contribution in [1.82, 2.24) is 0 Å². The van der Waals surface area contributed by atoms with Gasteiger partial charge in [0.15, 0.2) is 0 Å². The topological polar surface area (TPSA) is 35.5 Å². The molecule has 1 fully saturated rings. The number of methoxy groups -OCH3 is 1. The summed E-state index contributed by atoms with van der Waals surface area (Å²) in [6, 6.07) is 0. The molecule has 3 nitrogen and oxygen atoms in total. The number of rotatable bonds is 1. The summed E-state index contributed by atoms with van der Waals surface area (Å²) in [7, 11) is 1.51. The van der Waals surface area contributed by atoms with Gasteiger partial charge in [0.1, 0.15) is 5.60 Å². The summed E-state index contributed by atoms with van der Waals surface area (Å²) in [4.78, 5) is 11.4. The largest absolute Gasteiger partial charge is 0.490 e. The second-order valence-corrected chi connectivity index (χ2v) is 4.25. The maximum absolute atomic E-state index is 11.4. The fourth-order valence-corrected chi connectivity index (χ4v) is 2.81. The van der Waals surface area contributed by atoms with Crippen molar-refractivity contribution in [3.05, 3.63) is 24.0 Å². The lowest BCUT2D eigenvalue weighted by molar-refractivity contribution is -0.150. The molecule has 0 aromatic heterocycles. The van der Waals surface area contributed by atoms with E-state index < -0.39 is 0 Å². The number of fused-ring (bicyclic) bond motifs is 3. The van der Waals surface area contributed by atoms with Crippen LogP contribution in [0.1, 0.15) is 12.8 Å². The highest BCUT2D eigenvalue weighted by Crippen LogP contribution is 2.51. The Hall–Kier alpha value is -1.25. The van der Waals surface area contributed by atoms with E-state index in [9.17, 15) is 4.79 Å². The van der Waals surface area contributed by atoms with Crippen molar-refractivity contribution < 1.29 is 14.3 Å². The molecule has 74 valence electrons. The summed E-state index contributed by atoms with van der Waals surface area (Å²) in [6.07, 6.45) is 8.29. The monoisotopic (exact) mass is 192 g/mol. The van der Waals surface area contributed by atoms with Crippen LogP contribution in [-0.4, -0.2) is 18.7 Å². The first-order chi connectivity index (χ1) is 6.73. The van der Waals surface area contributed by atoms with Gasteiger partial charge in [-0.25, -0.2) is 4.79 Å². The maximum Gasteiger partial charge on any atom is 0.374 e. The third-order valence-electron chi connectivity index (χ3n) is 3.46. The average molecular weight is 192 g/mol. The first kappa shape index (κ1) is 8.09. The molecule has 1 heterocycles. The maximum atomic E-state index is 11.4. The molecule has 0 aromatic carbocycles. The van der Waals surface area contributed by atoms with Gasteiger partial charge in [-0.3, -0.25) is 0 Å². The van der Waals surface area contributed by atoms with Crippen molar-refractivity contribution in [3.8, 4) is 0 Å². The molecule has 2 aliphatic carbocycles. The van der Waals surface area contributed by atoms with E-state index in [4.69, 9.17) is 9.47 Å². The number of allylic oxidation sites excluding steroid dienone is 1. The van der Waals surface area contributed by atoms with Crippen molar-refractivity contribution in [2.75, 3.05) is 7.11 Å². The van der Waals surface area contributed by atoms with Crippen LogP contribution in [0.5, 0.6) is 0 Å². The first-order valence-electron chi connectivity index (χ1n) is 4.92. The van der Waals surface area contributed by atoms with E-state index in [1.165, 1.54) is 7.11 Å². The smallest absolute Gasteiger partial charge is 0.374 e. The van der Waals surface area contributed by atoms with Crippen molar-refractivity contribution in [2.45, 2.75) is 18.4 Å². The lowest BCUT2D eigenvalue weighted by Gasteiger charge is -2.27. The van der Waals surface area contributed by atoms with Gasteiger partial charge in [0.2, 0.25) is 5.76 Å². The number of carbonyl (C=O) groups excluding carboxylic acids is 1. The molecule has 0 N–H and O–H groups in total. The highest BCUT2D eigenvalue weighted by atomic mass is 16.6. The van der Waals surface area contributed by atoms with Crippen LogP contribution in [-0.2, 0) is 14.3 Å². The van der Waals surface area contributed by atoms with Gasteiger partial charge in [0, 0.05) is 12.0 Å². The molecule has 0 amide bonds. The number of esters is 1. The Morgan fingerprint density at radius 2 is 2.43 bits per heavy atom. The normalized spacial score (nSPS) is 43.2. The van der Waals surface area contributed by atoms with Crippen LogP contribution in [0.2, 0.25) is 0 Å². The molecule has 3 atom stereocenters. The van der Waals surface area contributed by atoms with Crippen LogP contribution in [0, 0.1) is 11.8 Å². The zero-order valence-electron chi connectivity index (χ0n) is 8.03. The molecule has 14 heavy (non-hydrogen) atoms. The van der Waals surface area contributed by atoms with Crippen molar-refractivity contribution in [2.24, 2.45) is 11.8 Å². The van der Waals surface area contributed by atoms with Crippen LogP contribution in [0.4, 0.5) is 0 Å². The predicted molar refractivity (Wildman–Crippen MR) is 49.3 cm³/mol. The summed E-state index contributed by atoms with van der Waals surface area (Å²) in [5.41, 5.74) is -0.373. The Balaban J connectivity index is 1.98. The SMILES string of the molecule is COC1=C[C@@]2(C[C@H]3C=C[C@@H]2C3)OC1=O.